The number of carbonyl (C=O) groups excluding carboxylic acids is 1. The Kier molecular flexibility index (Phi) is 2.13. The topological polar surface area (TPSA) is 86.9 Å². The predicted octanol–water partition coefficient (Wildman–Crippen LogP) is 0.151. The van der Waals surface area contributed by atoms with E-state index >= 15 is 0 Å². The first-order chi connectivity index (χ1) is 5.82. The summed E-state index contributed by atoms with van der Waals surface area (Å²) >= 11 is 0. The number of rotatable bonds is 1. The monoisotopic (exact) mass is 182 g/mol. The molecule has 0 radical (unpaired) electrons. The quantitative estimate of drug-likeness (QED) is 0.647. The van der Waals surface area contributed by atoms with Gasteiger partial charge in [0.1, 0.15) is 5.82 Å². The van der Waals surface area contributed by atoms with Crippen LogP contribution >= 0.6 is 0 Å². The number of anilines is 1. The Labute approximate surface area is 76.7 Å². The molecule has 13 heavy (non-hydrogen) atoms. The average Bonchev–Trinajstić information content (AvgIpc) is 2.26. The van der Waals surface area contributed by atoms with Crippen LogP contribution in [0.2, 0.25) is 0 Å². The van der Waals surface area contributed by atoms with Gasteiger partial charge in [0.2, 0.25) is 0 Å². The number of nitrogens with zero attached hydrogens (tertiary/aromatic N) is 2. The summed E-state index contributed by atoms with van der Waals surface area (Å²) in [6, 6.07) is 1.63. The molecule has 0 fully saturated rings. The van der Waals surface area contributed by atoms with Crippen LogP contribution in [0, 0.1) is 6.92 Å². The summed E-state index contributed by atoms with van der Waals surface area (Å²) in [7, 11) is 0. The Morgan fingerprint density at radius 1 is 1.62 bits per heavy atom. The first-order valence-electron chi connectivity index (χ1n) is 3.98. The summed E-state index contributed by atoms with van der Waals surface area (Å²) in [5.41, 5.74) is 10.9. The molecule has 1 aromatic rings. The van der Waals surface area contributed by atoms with Gasteiger partial charge in [0.15, 0.2) is 0 Å². The molecule has 1 heterocycles. The van der Waals surface area contributed by atoms with Gasteiger partial charge in [-0.25, -0.2) is 0 Å². The minimum absolute atomic E-state index is 0.307. The molecular weight excluding hydrogens is 168 g/mol. The van der Waals surface area contributed by atoms with Crippen molar-refractivity contribution in [2.24, 2.45) is 5.73 Å². The molecule has 5 nitrogen and oxygen atoms in total. The van der Waals surface area contributed by atoms with Gasteiger partial charge in [0.25, 0.3) is 5.91 Å². The van der Waals surface area contributed by atoms with Crippen molar-refractivity contribution in [3.05, 3.63) is 11.8 Å². The van der Waals surface area contributed by atoms with Gasteiger partial charge in [0.05, 0.1) is 11.2 Å². The van der Waals surface area contributed by atoms with E-state index in [9.17, 15) is 4.79 Å². The van der Waals surface area contributed by atoms with E-state index in [-0.39, 0.29) is 5.91 Å². The maximum absolute atomic E-state index is 11.6. The van der Waals surface area contributed by atoms with Crippen molar-refractivity contribution < 1.29 is 4.79 Å². The van der Waals surface area contributed by atoms with Crippen molar-refractivity contribution in [2.45, 2.75) is 26.3 Å². The van der Waals surface area contributed by atoms with Crippen molar-refractivity contribution in [1.29, 1.82) is 0 Å². The molecule has 1 rings (SSSR count). The molecule has 0 aliphatic rings. The van der Waals surface area contributed by atoms with Crippen molar-refractivity contribution in [3.63, 3.8) is 0 Å². The van der Waals surface area contributed by atoms with Gasteiger partial charge in [-0.05, 0) is 20.8 Å². The van der Waals surface area contributed by atoms with Gasteiger partial charge in [-0.15, -0.1) is 0 Å². The van der Waals surface area contributed by atoms with E-state index in [0.29, 0.717) is 11.5 Å². The second-order valence-corrected chi connectivity index (χ2v) is 3.65. The largest absolute Gasteiger partial charge is 0.383 e. The Morgan fingerprint density at radius 2 is 2.15 bits per heavy atom. The molecular formula is C8H14N4O. The van der Waals surface area contributed by atoms with Gasteiger partial charge in [-0.2, -0.15) is 9.78 Å². The molecule has 0 spiro atoms. The summed E-state index contributed by atoms with van der Waals surface area (Å²) in [5.74, 6) is 0.0131. The molecule has 1 aromatic heterocycles. The van der Waals surface area contributed by atoms with Gasteiger partial charge in [-0.1, -0.05) is 0 Å². The van der Waals surface area contributed by atoms with E-state index in [1.54, 1.807) is 26.8 Å². The minimum atomic E-state index is -0.952. The first-order valence-corrected chi connectivity index (χ1v) is 3.98. The smallest absolute Gasteiger partial charge is 0.268 e. The van der Waals surface area contributed by atoms with Gasteiger partial charge in [0, 0.05) is 6.07 Å². The third-order valence-electron chi connectivity index (χ3n) is 1.60. The van der Waals surface area contributed by atoms with Gasteiger partial charge >= 0.3 is 0 Å². The first kappa shape index (κ1) is 9.73. The zero-order valence-electron chi connectivity index (χ0n) is 8.03. The van der Waals surface area contributed by atoms with Crippen LogP contribution < -0.4 is 11.5 Å². The fraction of sp³-hybridized carbons (Fsp3) is 0.500. The molecule has 4 N–H and O–H groups in total. The summed E-state index contributed by atoms with van der Waals surface area (Å²) in [6.45, 7) is 5.00. The van der Waals surface area contributed by atoms with Crippen LogP contribution in [0.25, 0.3) is 0 Å². The zero-order valence-corrected chi connectivity index (χ0v) is 8.03. The normalized spacial score (nSPS) is 11.7. The van der Waals surface area contributed by atoms with Crippen LogP contribution in [-0.4, -0.2) is 21.2 Å². The highest BCUT2D eigenvalue weighted by Gasteiger charge is 2.25. The molecule has 0 unspecified atom stereocenters. The highest BCUT2D eigenvalue weighted by atomic mass is 16.2. The molecule has 0 aromatic carbocycles. The van der Waals surface area contributed by atoms with Crippen molar-refractivity contribution >= 4 is 11.7 Å². The Bertz CT molecular complexity index is 334. The SMILES string of the molecule is Cc1cc(N)n(C(=O)C(C)(C)N)n1. The van der Waals surface area contributed by atoms with Crippen LogP contribution in [0.1, 0.15) is 24.3 Å². The Balaban J connectivity index is 3.09. The maximum atomic E-state index is 11.6. The van der Waals surface area contributed by atoms with Crippen LogP contribution in [0.4, 0.5) is 5.82 Å². The molecule has 0 atom stereocenters. The van der Waals surface area contributed by atoms with Crippen LogP contribution in [0.15, 0.2) is 6.07 Å². The van der Waals surface area contributed by atoms with Crippen molar-refractivity contribution in [2.75, 3.05) is 5.73 Å². The third kappa shape index (κ3) is 1.86. The highest BCUT2D eigenvalue weighted by Crippen LogP contribution is 2.09. The average molecular weight is 182 g/mol. The van der Waals surface area contributed by atoms with E-state index in [1.165, 1.54) is 0 Å². The molecule has 0 saturated heterocycles. The van der Waals surface area contributed by atoms with E-state index in [2.05, 4.69) is 5.10 Å². The second kappa shape index (κ2) is 2.85. The van der Waals surface area contributed by atoms with Crippen LogP contribution in [-0.2, 0) is 0 Å². The van der Waals surface area contributed by atoms with Crippen LogP contribution in [0.3, 0.4) is 0 Å². The Hall–Kier alpha value is -1.36. The third-order valence-corrected chi connectivity index (χ3v) is 1.60. The molecule has 72 valence electrons. The lowest BCUT2D eigenvalue weighted by atomic mass is 10.1. The number of carbonyl (C=O) groups is 1. The van der Waals surface area contributed by atoms with Gasteiger partial charge in [-0.3, -0.25) is 4.79 Å². The number of nitrogens with two attached hydrogens (primary N) is 2. The number of aryl methyl sites for hydroxylation is 1. The summed E-state index contributed by atoms with van der Waals surface area (Å²) in [5, 5.41) is 3.94. The Morgan fingerprint density at radius 3 is 2.46 bits per heavy atom. The highest BCUT2D eigenvalue weighted by molar-refractivity contribution is 5.88. The maximum Gasteiger partial charge on any atom is 0.268 e. The molecule has 0 aliphatic carbocycles. The fourth-order valence-electron chi connectivity index (χ4n) is 0.955. The molecule has 0 aliphatic heterocycles. The standard InChI is InChI=1S/C8H14N4O/c1-5-4-6(9)12(11-5)7(13)8(2,3)10/h4H,9-10H2,1-3H3. The summed E-state index contributed by atoms with van der Waals surface area (Å²) < 4.78 is 1.13. The fourth-order valence-corrected chi connectivity index (χ4v) is 0.955. The van der Waals surface area contributed by atoms with Gasteiger partial charge < -0.3 is 11.5 Å². The van der Waals surface area contributed by atoms with E-state index < -0.39 is 5.54 Å². The van der Waals surface area contributed by atoms with E-state index in [1.807, 2.05) is 0 Å². The molecule has 0 amide bonds. The van der Waals surface area contributed by atoms with E-state index in [4.69, 9.17) is 11.5 Å². The van der Waals surface area contributed by atoms with Crippen molar-refractivity contribution in [1.82, 2.24) is 9.78 Å². The minimum Gasteiger partial charge on any atom is -0.383 e. The predicted molar refractivity (Wildman–Crippen MR) is 50.3 cm³/mol. The molecule has 0 bridgehead atoms. The number of hydrogen-bond donors (Lipinski definition) is 2. The molecule has 5 heteroatoms. The number of nitrogen functional groups attached to an aromatic ring is 1. The number of hydrogen-bond acceptors (Lipinski definition) is 4. The summed E-state index contributed by atoms with van der Waals surface area (Å²) in [6.07, 6.45) is 0. The van der Waals surface area contributed by atoms with Crippen molar-refractivity contribution in [3.8, 4) is 0 Å². The summed E-state index contributed by atoms with van der Waals surface area (Å²) in [4.78, 5) is 11.6. The lowest BCUT2D eigenvalue weighted by Crippen LogP contribution is -2.45. The lowest BCUT2D eigenvalue weighted by Gasteiger charge is -2.16. The zero-order chi connectivity index (χ0) is 10.2. The lowest BCUT2D eigenvalue weighted by molar-refractivity contribution is 0.0813. The number of aromatic nitrogens is 2. The second-order valence-electron chi connectivity index (χ2n) is 3.65. The molecule has 0 saturated carbocycles. The van der Waals surface area contributed by atoms with E-state index in [0.717, 1.165) is 4.68 Å². The van der Waals surface area contributed by atoms with Crippen LogP contribution in [0.5, 0.6) is 0 Å².